The highest BCUT2D eigenvalue weighted by atomic mass is 16.5. The van der Waals surface area contributed by atoms with Crippen molar-refractivity contribution in [2.75, 3.05) is 19.7 Å². The zero-order valence-corrected chi connectivity index (χ0v) is 28.7. The lowest BCUT2D eigenvalue weighted by Gasteiger charge is -2.37. The number of benzene rings is 1. The van der Waals surface area contributed by atoms with E-state index in [2.05, 4.69) is 19.9 Å². The van der Waals surface area contributed by atoms with Crippen LogP contribution in [-0.4, -0.2) is 121 Å². The number of guanidine groups is 1. The maximum atomic E-state index is 10.7. The van der Waals surface area contributed by atoms with Gasteiger partial charge >= 0.3 is 42.7 Å². The molecule has 1 radical (unpaired) electrons. The highest BCUT2D eigenvalue weighted by molar-refractivity contribution is 6.66. The van der Waals surface area contributed by atoms with E-state index >= 15 is 0 Å². The molecule has 1 aromatic carbocycles. The van der Waals surface area contributed by atoms with Crippen LogP contribution in [0.1, 0.15) is 62.5 Å². The standard InChI is InChI=1S/C27H52B6N7O7/c1-29(42)36-25(37-30(2)43)13-10-8-6-7-9-11-18-39(32(4)45)27(38-31(3)44)40(33(5)46)19-12-20-47-21-23-14-16-24(17-15-23)26(34)35-28-22-41/h14-17,22,42-46H,6-13,18-21H2,1-5H3,(H2,34,35)(H,36,37). The molecular weight excluding hydrogens is 599 g/mol. The van der Waals surface area contributed by atoms with Gasteiger partial charge in [-0.1, -0.05) is 49.9 Å². The van der Waals surface area contributed by atoms with Crippen LogP contribution < -0.4 is 11.0 Å². The van der Waals surface area contributed by atoms with Gasteiger partial charge in [0.1, 0.15) is 12.0 Å². The van der Waals surface area contributed by atoms with Gasteiger partial charge in [-0.15, -0.1) is 0 Å². The molecule has 20 heteroatoms. The first-order valence-electron chi connectivity index (χ1n) is 16.5. The van der Waals surface area contributed by atoms with Gasteiger partial charge in [-0.2, -0.15) is 0 Å². The third-order valence-electron chi connectivity index (χ3n) is 6.98. The van der Waals surface area contributed by atoms with Gasteiger partial charge in [0.15, 0.2) is 5.96 Å². The first-order chi connectivity index (χ1) is 22.3. The molecule has 1 rings (SSSR count). The topological polar surface area (TPSA) is 209 Å². The van der Waals surface area contributed by atoms with E-state index in [9.17, 15) is 29.9 Å². The number of unbranched alkanes of at least 4 members (excludes halogenated alkanes) is 5. The molecule has 0 atom stereocenters. The van der Waals surface area contributed by atoms with Crippen molar-refractivity contribution in [1.82, 2.24) is 14.8 Å². The monoisotopic (exact) mass is 652 g/mol. The first-order valence-corrected chi connectivity index (χ1v) is 16.5. The zero-order valence-electron chi connectivity index (χ0n) is 28.7. The summed E-state index contributed by atoms with van der Waals surface area (Å²) in [5.74, 6) is 1.16. The fourth-order valence-corrected chi connectivity index (χ4v) is 4.79. The van der Waals surface area contributed by atoms with Crippen molar-refractivity contribution in [2.45, 2.75) is 92.1 Å². The molecule has 0 saturated heterocycles. The largest absolute Gasteiger partial charge is 0.433 e. The van der Waals surface area contributed by atoms with Crippen LogP contribution >= 0.6 is 0 Å². The molecule has 0 unspecified atom stereocenters. The Labute approximate surface area is 283 Å². The van der Waals surface area contributed by atoms with E-state index in [0.717, 1.165) is 51.5 Å². The van der Waals surface area contributed by atoms with Crippen molar-refractivity contribution in [3.63, 3.8) is 0 Å². The van der Waals surface area contributed by atoms with Crippen molar-refractivity contribution in [2.24, 2.45) is 20.4 Å². The average Bonchev–Trinajstić information content (AvgIpc) is 2.99. The Morgan fingerprint density at radius 1 is 0.851 bits per heavy atom. The highest BCUT2D eigenvalue weighted by Crippen LogP contribution is 2.13. The lowest BCUT2D eigenvalue weighted by molar-refractivity contribution is 0.116. The summed E-state index contributed by atoms with van der Waals surface area (Å²) in [5, 5.41) is 53.4. The third kappa shape index (κ3) is 19.0. The van der Waals surface area contributed by atoms with Crippen molar-refractivity contribution in [3.05, 3.63) is 35.4 Å². The van der Waals surface area contributed by atoms with E-state index < -0.39 is 35.3 Å². The van der Waals surface area contributed by atoms with E-state index in [4.69, 9.17) is 10.5 Å². The Balaban J connectivity index is 2.63. The van der Waals surface area contributed by atoms with Gasteiger partial charge in [-0.05, 0) is 58.9 Å². The Kier molecular flexibility index (Phi) is 21.9. The quantitative estimate of drug-likeness (QED) is 0.0282. The van der Waals surface area contributed by atoms with E-state index in [1.807, 2.05) is 12.1 Å². The molecule has 1 aromatic rings. The van der Waals surface area contributed by atoms with Gasteiger partial charge in [0.25, 0.3) is 0 Å². The number of carbonyl (C=O) groups is 1. The molecule has 47 heavy (non-hydrogen) atoms. The molecule has 0 spiro atoms. The Bertz CT molecular complexity index is 1100. The number of hydrogen-bond acceptors (Lipinski definition) is 10. The summed E-state index contributed by atoms with van der Waals surface area (Å²) in [7, 11) is -3.31. The zero-order chi connectivity index (χ0) is 35.2. The van der Waals surface area contributed by atoms with Crippen molar-refractivity contribution < 1.29 is 34.7 Å². The minimum absolute atomic E-state index is 0.247. The summed E-state index contributed by atoms with van der Waals surface area (Å²) in [5.41, 5.74) is 7.48. The summed E-state index contributed by atoms with van der Waals surface area (Å²) in [6, 6.07) is 7.35. The number of nitrogens with one attached hydrogen (secondary N) is 1. The lowest BCUT2D eigenvalue weighted by atomic mass is 9.80. The van der Waals surface area contributed by atoms with E-state index in [0.29, 0.717) is 62.7 Å². The molecule has 0 aliphatic heterocycles. The molecule has 0 aliphatic rings. The van der Waals surface area contributed by atoms with Gasteiger partial charge in [0, 0.05) is 31.7 Å². The van der Waals surface area contributed by atoms with Crippen LogP contribution in [0, 0.1) is 0 Å². The number of nitrogens with two attached hydrogens (primary N) is 1. The van der Waals surface area contributed by atoms with Crippen molar-refractivity contribution in [1.29, 1.82) is 0 Å². The number of amidine groups is 2. The summed E-state index contributed by atoms with van der Waals surface area (Å²) < 4.78 is 5.84. The first kappa shape index (κ1) is 42.3. The van der Waals surface area contributed by atoms with Crippen molar-refractivity contribution in [3.8, 4) is 0 Å². The predicted octanol–water partition coefficient (Wildman–Crippen LogP) is 0.338. The van der Waals surface area contributed by atoms with Gasteiger partial charge in [0.05, 0.1) is 12.4 Å². The molecule has 0 heterocycles. The molecule has 14 nitrogen and oxygen atoms in total. The SMILES string of the molecule is CB(O)N=C(CCCCCCCCN(B(C)O)C(=NB(C)O)N(CCCOCc1ccc(C(N)=N[B]C=O)cc1)B(C)O)NB(C)O. The highest BCUT2D eigenvalue weighted by Gasteiger charge is 2.29. The van der Waals surface area contributed by atoms with Crippen LogP contribution in [-0.2, 0) is 16.1 Å². The van der Waals surface area contributed by atoms with Crippen LogP contribution in [0.5, 0.6) is 0 Å². The molecule has 0 amide bonds. The van der Waals surface area contributed by atoms with E-state index in [-0.39, 0.29) is 5.84 Å². The molecule has 255 valence electrons. The average molecular weight is 652 g/mol. The smallest absolute Gasteiger partial charge is 0.431 e. The summed E-state index contributed by atoms with van der Waals surface area (Å²) in [4.78, 5) is 26.1. The van der Waals surface area contributed by atoms with Crippen LogP contribution in [0.3, 0.4) is 0 Å². The third-order valence-corrected chi connectivity index (χ3v) is 6.98. The molecule has 0 saturated carbocycles. The Hall–Kier alpha value is -2.75. The fourth-order valence-electron chi connectivity index (χ4n) is 4.79. The molecular formula is C27H52B6N7O7. The second-order valence-corrected chi connectivity index (χ2v) is 11.5. The number of carbonyl (C=O) groups excluding carboxylic acids is 1. The predicted molar refractivity (Wildman–Crippen MR) is 197 cm³/mol. The number of hydrogen-bond donors (Lipinski definition) is 7. The molecule has 0 fully saturated rings. The van der Waals surface area contributed by atoms with Gasteiger partial charge in [-0.3, -0.25) is 9.81 Å². The van der Waals surface area contributed by atoms with Gasteiger partial charge in [-0.25, -0.2) is 0 Å². The minimum Gasteiger partial charge on any atom is -0.433 e. The van der Waals surface area contributed by atoms with E-state index in [1.165, 1.54) is 6.82 Å². The normalized spacial score (nSPS) is 12.0. The van der Waals surface area contributed by atoms with E-state index in [1.54, 1.807) is 49.0 Å². The second kappa shape index (κ2) is 24.4. The Morgan fingerprint density at radius 2 is 1.40 bits per heavy atom. The maximum Gasteiger partial charge on any atom is 0.431 e. The van der Waals surface area contributed by atoms with Crippen LogP contribution in [0.2, 0.25) is 34.1 Å². The number of nitrogens with zero attached hydrogens (tertiary/aromatic N) is 5. The maximum absolute atomic E-state index is 10.7. The summed E-state index contributed by atoms with van der Waals surface area (Å²) in [6.45, 7) is 9.62. The van der Waals surface area contributed by atoms with Crippen LogP contribution in [0.15, 0.2) is 39.0 Å². The number of ether oxygens (including phenoxy) is 1. The molecule has 0 aliphatic carbocycles. The summed E-state index contributed by atoms with van der Waals surface area (Å²) >= 11 is 0. The van der Waals surface area contributed by atoms with Crippen molar-refractivity contribution >= 4 is 66.5 Å². The lowest BCUT2D eigenvalue weighted by Crippen LogP contribution is -2.56. The molecule has 0 bridgehead atoms. The minimum atomic E-state index is -1.03. The fraction of sp³-hybridized carbons (Fsp3) is 0.630. The number of rotatable bonds is 23. The Morgan fingerprint density at radius 3 is 1.94 bits per heavy atom. The molecule has 0 aromatic heterocycles. The molecule has 8 N–H and O–H groups in total. The second-order valence-electron chi connectivity index (χ2n) is 11.5. The van der Waals surface area contributed by atoms with Gasteiger partial charge in [0.2, 0.25) is 0 Å². The van der Waals surface area contributed by atoms with Crippen LogP contribution in [0.25, 0.3) is 0 Å². The van der Waals surface area contributed by atoms with Crippen LogP contribution in [0.4, 0.5) is 0 Å². The summed E-state index contributed by atoms with van der Waals surface area (Å²) in [6.07, 6.45) is 7.33. The van der Waals surface area contributed by atoms with Gasteiger partial charge < -0.3 is 60.1 Å².